The summed E-state index contributed by atoms with van der Waals surface area (Å²) in [5, 5.41) is 0. The summed E-state index contributed by atoms with van der Waals surface area (Å²) >= 11 is 0. The molecule has 2 heterocycles. The van der Waals surface area contributed by atoms with Gasteiger partial charge in [-0.1, -0.05) is 0 Å². The van der Waals surface area contributed by atoms with Crippen LogP contribution in [0.2, 0.25) is 0 Å². The van der Waals surface area contributed by atoms with Gasteiger partial charge in [-0.15, -0.1) is 0 Å². The fourth-order valence-electron chi connectivity index (χ4n) is 2.29. The van der Waals surface area contributed by atoms with Gasteiger partial charge in [0.15, 0.2) is 5.82 Å². The Morgan fingerprint density at radius 3 is 2.78 bits per heavy atom. The first-order valence-electron chi connectivity index (χ1n) is 6.15. The second-order valence-electron chi connectivity index (χ2n) is 4.81. The van der Waals surface area contributed by atoms with Crippen LogP contribution in [-0.4, -0.2) is 53.9 Å². The van der Waals surface area contributed by atoms with Crippen LogP contribution in [0.1, 0.15) is 23.2 Å². The van der Waals surface area contributed by atoms with Crippen molar-refractivity contribution in [3.63, 3.8) is 0 Å². The Kier molecular flexibility index (Phi) is 3.91. The van der Waals surface area contributed by atoms with Gasteiger partial charge in [0.25, 0.3) is 5.91 Å². The molecule has 0 unspecified atom stereocenters. The number of hydrogen-bond donors (Lipinski definition) is 0. The third-order valence-electron chi connectivity index (χ3n) is 3.56. The van der Waals surface area contributed by atoms with Crippen LogP contribution in [0.15, 0.2) is 18.5 Å². The van der Waals surface area contributed by atoms with E-state index in [1.54, 1.807) is 11.9 Å². The molecule has 4 nitrogen and oxygen atoms in total. The number of amides is 1. The molecule has 0 spiro atoms. The first kappa shape index (κ1) is 13.0. The van der Waals surface area contributed by atoms with Crippen LogP contribution < -0.4 is 0 Å². The Hall–Kier alpha value is -1.49. The number of pyridine rings is 1. The molecule has 1 aliphatic heterocycles. The van der Waals surface area contributed by atoms with Crippen LogP contribution in [0.4, 0.5) is 4.39 Å². The van der Waals surface area contributed by atoms with Gasteiger partial charge in [0, 0.05) is 19.3 Å². The van der Waals surface area contributed by atoms with E-state index in [1.807, 2.05) is 0 Å². The molecule has 0 saturated carbocycles. The van der Waals surface area contributed by atoms with E-state index in [0.29, 0.717) is 0 Å². The van der Waals surface area contributed by atoms with Crippen molar-refractivity contribution >= 4 is 5.91 Å². The van der Waals surface area contributed by atoms with E-state index in [0.717, 1.165) is 32.1 Å². The quantitative estimate of drug-likeness (QED) is 0.797. The Bertz CT molecular complexity index is 430. The zero-order chi connectivity index (χ0) is 13.1. The smallest absolute Gasteiger partial charge is 0.256 e. The van der Waals surface area contributed by atoms with Gasteiger partial charge in [-0.05, 0) is 39.0 Å². The van der Waals surface area contributed by atoms with Gasteiger partial charge in [0.1, 0.15) is 0 Å². The van der Waals surface area contributed by atoms with Crippen LogP contribution in [0, 0.1) is 5.82 Å². The first-order chi connectivity index (χ1) is 8.59. The maximum atomic E-state index is 13.5. The Morgan fingerprint density at radius 2 is 2.17 bits per heavy atom. The van der Waals surface area contributed by atoms with E-state index < -0.39 is 5.82 Å². The lowest BCUT2D eigenvalue weighted by molar-refractivity contribution is 0.0655. The van der Waals surface area contributed by atoms with E-state index in [4.69, 9.17) is 0 Å². The van der Waals surface area contributed by atoms with Crippen LogP contribution in [-0.2, 0) is 0 Å². The van der Waals surface area contributed by atoms with Crippen molar-refractivity contribution in [2.75, 3.05) is 27.2 Å². The molecule has 2 rings (SSSR count). The van der Waals surface area contributed by atoms with Gasteiger partial charge >= 0.3 is 0 Å². The summed E-state index contributed by atoms with van der Waals surface area (Å²) in [6.45, 7) is 1.95. The van der Waals surface area contributed by atoms with Gasteiger partial charge in [0.2, 0.25) is 0 Å². The van der Waals surface area contributed by atoms with E-state index in [-0.39, 0.29) is 17.5 Å². The van der Waals surface area contributed by atoms with Gasteiger partial charge in [-0.2, -0.15) is 0 Å². The Balaban J connectivity index is 2.07. The highest BCUT2D eigenvalue weighted by atomic mass is 19.1. The molecule has 1 aromatic rings. The Morgan fingerprint density at radius 1 is 1.50 bits per heavy atom. The number of piperidine rings is 1. The molecule has 0 aromatic carbocycles. The fourth-order valence-corrected chi connectivity index (χ4v) is 2.29. The number of likely N-dealkylation sites (tertiary alicyclic amines) is 1. The lowest BCUT2D eigenvalue weighted by Crippen LogP contribution is -2.44. The SMILES string of the molecule is CN1CCC(N(C)C(=O)c2ccncc2F)CC1. The Labute approximate surface area is 106 Å². The largest absolute Gasteiger partial charge is 0.339 e. The van der Waals surface area contributed by atoms with Gasteiger partial charge < -0.3 is 9.80 Å². The monoisotopic (exact) mass is 251 g/mol. The number of carbonyl (C=O) groups excluding carboxylic acids is 1. The maximum Gasteiger partial charge on any atom is 0.256 e. The zero-order valence-corrected chi connectivity index (χ0v) is 10.8. The minimum atomic E-state index is -0.553. The lowest BCUT2D eigenvalue weighted by atomic mass is 10.0. The third kappa shape index (κ3) is 2.67. The van der Waals surface area contributed by atoms with Crippen LogP contribution >= 0.6 is 0 Å². The van der Waals surface area contributed by atoms with E-state index >= 15 is 0 Å². The summed E-state index contributed by atoms with van der Waals surface area (Å²) in [7, 11) is 3.82. The molecule has 0 N–H and O–H groups in total. The van der Waals surface area contributed by atoms with Crippen LogP contribution in [0.5, 0.6) is 0 Å². The topological polar surface area (TPSA) is 36.4 Å². The summed E-state index contributed by atoms with van der Waals surface area (Å²) in [5.74, 6) is -0.813. The molecule has 1 saturated heterocycles. The molecule has 0 aliphatic carbocycles. The summed E-state index contributed by atoms with van der Waals surface area (Å²) in [6, 6.07) is 1.63. The minimum Gasteiger partial charge on any atom is -0.339 e. The minimum absolute atomic E-state index is 0.103. The molecule has 18 heavy (non-hydrogen) atoms. The second kappa shape index (κ2) is 5.44. The number of hydrogen-bond acceptors (Lipinski definition) is 3. The van der Waals surface area contributed by atoms with Crippen LogP contribution in [0.3, 0.4) is 0 Å². The molecule has 5 heteroatoms. The van der Waals surface area contributed by atoms with Crippen molar-refractivity contribution in [3.05, 3.63) is 29.8 Å². The number of nitrogens with zero attached hydrogens (tertiary/aromatic N) is 3. The zero-order valence-electron chi connectivity index (χ0n) is 10.8. The average Bonchev–Trinajstić information content (AvgIpc) is 2.38. The van der Waals surface area contributed by atoms with Crippen molar-refractivity contribution < 1.29 is 9.18 Å². The average molecular weight is 251 g/mol. The number of halogens is 1. The van der Waals surface area contributed by atoms with Crippen molar-refractivity contribution in [2.24, 2.45) is 0 Å². The molecule has 1 fully saturated rings. The van der Waals surface area contributed by atoms with E-state index in [2.05, 4.69) is 16.9 Å². The standard InChI is InChI=1S/C13H18FN3O/c1-16-7-4-10(5-8-16)17(2)13(18)11-3-6-15-9-12(11)14/h3,6,9-10H,4-5,7-8H2,1-2H3. The molecule has 1 amide bonds. The van der Waals surface area contributed by atoms with Gasteiger partial charge in [-0.3, -0.25) is 9.78 Å². The number of aromatic nitrogens is 1. The number of rotatable bonds is 2. The van der Waals surface area contributed by atoms with Gasteiger partial charge in [0.05, 0.1) is 11.8 Å². The maximum absolute atomic E-state index is 13.5. The molecule has 98 valence electrons. The summed E-state index contributed by atoms with van der Waals surface area (Å²) in [6.07, 6.45) is 4.39. The number of carbonyl (C=O) groups is 1. The van der Waals surface area contributed by atoms with E-state index in [9.17, 15) is 9.18 Å². The van der Waals surface area contributed by atoms with Crippen molar-refractivity contribution in [3.8, 4) is 0 Å². The fraction of sp³-hybridized carbons (Fsp3) is 0.538. The predicted molar refractivity (Wildman–Crippen MR) is 66.8 cm³/mol. The normalized spacial score (nSPS) is 17.7. The highest BCUT2D eigenvalue weighted by Gasteiger charge is 2.25. The van der Waals surface area contributed by atoms with Crippen molar-refractivity contribution in [1.82, 2.24) is 14.8 Å². The highest BCUT2D eigenvalue weighted by molar-refractivity contribution is 5.94. The van der Waals surface area contributed by atoms with Crippen LogP contribution in [0.25, 0.3) is 0 Å². The predicted octanol–water partition coefficient (Wildman–Crippen LogP) is 1.39. The van der Waals surface area contributed by atoms with Crippen molar-refractivity contribution in [1.29, 1.82) is 0 Å². The molecular formula is C13H18FN3O. The highest BCUT2D eigenvalue weighted by Crippen LogP contribution is 2.17. The second-order valence-corrected chi connectivity index (χ2v) is 4.81. The van der Waals surface area contributed by atoms with Crippen molar-refractivity contribution in [2.45, 2.75) is 18.9 Å². The molecular weight excluding hydrogens is 233 g/mol. The first-order valence-corrected chi connectivity index (χ1v) is 6.15. The van der Waals surface area contributed by atoms with Gasteiger partial charge in [-0.25, -0.2) is 4.39 Å². The molecule has 0 atom stereocenters. The molecule has 0 radical (unpaired) electrons. The lowest BCUT2D eigenvalue weighted by Gasteiger charge is -2.35. The summed E-state index contributed by atoms with van der Waals surface area (Å²) in [5.41, 5.74) is 0.103. The third-order valence-corrected chi connectivity index (χ3v) is 3.56. The summed E-state index contributed by atoms with van der Waals surface area (Å²) < 4.78 is 13.5. The molecule has 0 bridgehead atoms. The molecule has 1 aliphatic rings. The summed E-state index contributed by atoms with van der Waals surface area (Å²) in [4.78, 5) is 19.7. The molecule has 1 aromatic heterocycles. The van der Waals surface area contributed by atoms with E-state index in [1.165, 1.54) is 12.3 Å².